The van der Waals surface area contributed by atoms with Crippen LogP contribution >= 0.6 is 15.9 Å². The van der Waals surface area contributed by atoms with E-state index in [-0.39, 0.29) is 6.04 Å². The molecule has 0 fully saturated rings. The summed E-state index contributed by atoms with van der Waals surface area (Å²) < 4.78 is 11.7. The Morgan fingerprint density at radius 1 is 1.29 bits per heavy atom. The fraction of sp³-hybridized carbons (Fsp3) is 0.227. The van der Waals surface area contributed by atoms with E-state index in [4.69, 9.17) is 15.2 Å². The van der Waals surface area contributed by atoms with Gasteiger partial charge in [-0.05, 0) is 51.2 Å². The van der Waals surface area contributed by atoms with E-state index in [1.807, 2.05) is 12.1 Å². The molecule has 1 heterocycles. The lowest BCUT2D eigenvalue weighted by Gasteiger charge is -2.35. The van der Waals surface area contributed by atoms with Crippen LogP contribution in [0.5, 0.6) is 11.5 Å². The van der Waals surface area contributed by atoms with Crippen molar-refractivity contribution < 1.29 is 9.47 Å². The molecule has 5 nitrogen and oxygen atoms in total. The third-order valence-electron chi connectivity index (χ3n) is 5.22. The van der Waals surface area contributed by atoms with Gasteiger partial charge in [0.2, 0.25) is 0 Å². The number of methoxy groups -OCH3 is 2. The molecule has 0 spiro atoms. The van der Waals surface area contributed by atoms with Gasteiger partial charge in [0, 0.05) is 23.4 Å². The Hall–Kier alpha value is -2.91. The summed E-state index contributed by atoms with van der Waals surface area (Å²) in [6.07, 6.45) is 9.99. The Morgan fingerprint density at radius 3 is 2.82 bits per heavy atom. The highest BCUT2D eigenvalue weighted by molar-refractivity contribution is 9.10. The lowest BCUT2D eigenvalue weighted by molar-refractivity contribution is 0.353. The largest absolute Gasteiger partial charge is 0.493 e. The molecule has 1 unspecified atom stereocenters. The number of benzene rings is 1. The fourth-order valence-corrected chi connectivity index (χ4v) is 4.51. The molecule has 0 saturated heterocycles. The van der Waals surface area contributed by atoms with Crippen molar-refractivity contribution in [2.75, 3.05) is 14.2 Å². The lowest BCUT2D eigenvalue weighted by atomic mass is 9.81. The zero-order valence-electron chi connectivity index (χ0n) is 15.7. The zero-order chi connectivity index (χ0) is 19.8. The van der Waals surface area contributed by atoms with Crippen LogP contribution in [-0.4, -0.2) is 20.3 Å². The molecule has 1 aliphatic heterocycles. The SMILES string of the molecule is COc1cc(C2=C3NC4CC=CC=C4C=C3CC(N)=C2C#N)cc(Br)c1OC. The van der Waals surface area contributed by atoms with Crippen molar-refractivity contribution in [3.63, 3.8) is 0 Å². The number of nitrogens with two attached hydrogens (primary N) is 1. The number of nitrogens with zero attached hydrogens (tertiary/aromatic N) is 1. The third-order valence-corrected chi connectivity index (χ3v) is 5.80. The first-order valence-corrected chi connectivity index (χ1v) is 9.76. The smallest absolute Gasteiger partial charge is 0.174 e. The molecule has 0 aromatic heterocycles. The van der Waals surface area contributed by atoms with Crippen molar-refractivity contribution in [3.05, 3.63) is 74.6 Å². The first-order chi connectivity index (χ1) is 13.6. The summed E-state index contributed by atoms with van der Waals surface area (Å²) in [5.41, 5.74) is 12.3. The molecule has 0 amide bonds. The Labute approximate surface area is 172 Å². The maximum absolute atomic E-state index is 9.85. The highest BCUT2D eigenvalue weighted by atomic mass is 79.9. The molecule has 6 heteroatoms. The number of allylic oxidation sites excluding steroid dienone is 6. The van der Waals surface area contributed by atoms with Crippen LogP contribution in [0.1, 0.15) is 18.4 Å². The van der Waals surface area contributed by atoms with E-state index in [9.17, 15) is 5.26 Å². The van der Waals surface area contributed by atoms with Gasteiger partial charge in [0.25, 0.3) is 0 Å². The summed E-state index contributed by atoms with van der Waals surface area (Å²) in [5, 5.41) is 13.5. The van der Waals surface area contributed by atoms with E-state index in [0.29, 0.717) is 29.2 Å². The van der Waals surface area contributed by atoms with Gasteiger partial charge < -0.3 is 20.5 Å². The number of rotatable bonds is 3. The van der Waals surface area contributed by atoms with Crippen LogP contribution in [0.2, 0.25) is 0 Å². The van der Waals surface area contributed by atoms with E-state index in [0.717, 1.165) is 33.3 Å². The van der Waals surface area contributed by atoms with Crippen molar-refractivity contribution in [2.24, 2.45) is 5.73 Å². The predicted molar refractivity (Wildman–Crippen MR) is 112 cm³/mol. The summed E-state index contributed by atoms with van der Waals surface area (Å²) in [7, 11) is 3.19. The molecule has 1 aromatic carbocycles. The van der Waals surface area contributed by atoms with Gasteiger partial charge in [-0.15, -0.1) is 0 Å². The summed E-state index contributed by atoms with van der Waals surface area (Å²) in [6, 6.07) is 6.32. The van der Waals surface area contributed by atoms with Gasteiger partial charge in [0.15, 0.2) is 11.5 Å². The molecule has 3 aliphatic rings. The van der Waals surface area contributed by atoms with E-state index in [1.165, 1.54) is 5.57 Å². The monoisotopic (exact) mass is 437 g/mol. The first kappa shape index (κ1) is 18.5. The second-order valence-electron chi connectivity index (χ2n) is 6.83. The Bertz CT molecular complexity index is 1050. The minimum atomic E-state index is 0.196. The topological polar surface area (TPSA) is 80.3 Å². The highest BCUT2D eigenvalue weighted by Gasteiger charge is 2.31. The number of fused-ring (bicyclic) bond motifs is 2. The van der Waals surface area contributed by atoms with Crippen molar-refractivity contribution >= 4 is 21.5 Å². The number of ether oxygens (including phenoxy) is 2. The fourth-order valence-electron chi connectivity index (χ4n) is 3.91. The Morgan fingerprint density at radius 2 is 2.11 bits per heavy atom. The van der Waals surface area contributed by atoms with Gasteiger partial charge in [-0.2, -0.15) is 5.26 Å². The number of hydrogen-bond donors (Lipinski definition) is 2. The number of nitriles is 1. The lowest BCUT2D eigenvalue weighted by Crippen LogP contribution is -2.37. The van der Waals surface area contributed by atoms with Crippen molar-refractivity contribution in [2.45, 2.75) is 18.9 Å². The molecule has 0 radical (unpaired) electrons. The summed E-state index contributed by atoms with van der Waals surface area (Å²) in [6.45, 7) is 0. The summed E-state index contributed by atoms with van der Waals surface area (Å²) in [4.78, 5) is 0. The second-order valence-corrected chi connectivity index (χ2v) is 7.68. The molecule has 1 aromatic rings. The molecule has 0 saturated carbocycles. The van der Waals surface area contributed by atoms with Gasteiger partial charge in [0.1, 0.15) is 6.07 Å². The molecular weight excluding hydrogens is 418 g/mol. The average Bonchev–Trinajstić information content (AvgIpc) is 2.70. The quantitative estimate of drug-likeness (QED) is 0.743. The maximum atomic E-state index is 9.85. The summed E-state index contributed by atoms with van der Waals surface area (Å²) in [5.74, 6) is 1.20. The van der Waals surface area contributed by atoms with Crippen LogP contribution in [0, 0.1) is 11.3 Å². The standard InChI is InChI=1S/C22H20BrN3O2/c1-27-19-10-13(8-16(23)22(19)28-2)20-15(11-24)17(25)9-14-7-12-5-3-4-6-18(12)26-21(14)20/h3-5,7-8,10,18,26H,6,9,25H2,1-2H3. The minimum absolute atomic E-state index is 0.196. The molecule has 28 heavy (non-hydrogen) atoms. The van der Waals surface area contributed by atoms with E-state index >= 15 is 0 Å². The highest BCUT2D eigenvalue weighted by Crippen LogP contribution is 2.44. The molecule has 3 N–H and O–H groups in total. The molecule has 2 aliphatic carbocycles. The number of hydrogen-bond acceptors (Lipinski definition) is 5. The van der Waals surface area contributed by atoms with Gasteiger partial charge >= 0.3 is 0 Å². The van der Waals surface area contributed by atoms with Crippen molar-refractivity contribution in [3.8, 4) is 17.6 Å². The molecule has 142 valence electrons. The molecule has 4 rings (SSSR count). The normalized spacial score (nSPS) is 20.4. The Balaban J connectivity index is 1.96. The van der Waals surface area contributed by atoms with Crippen LogP contribution in [0.25, 0.3) is 5.57 Å². The Kier molecular flexibility index (Phi) is 4.78. The van der Waals surface area contributed by atoms with Crippen LogP contribution in [0.3, 0.4) is 0 Å². The summed E-state index contributed by atoms with van der Waals surface area (Å²) >= 11 is 3.55. The maximum Gasteiger partial charge on any atom is 0.174 e. The van der Waals surface area contributed by atoms with E-state index in [1.54, 1.807) is 14.2 Å². The van der Waals surface area contributed by atoms with Gasteiger partial charge in [-0.1, -0.05) is 24.3 Å². The third kappa shape index (κ3) is 2.92. The van der Waals surface area contributed by atoms with Gasteiger partial charge in [-0.25, -0.2) is 0 Å². The van der Waals surface area contributed by atoms with Gasteiger partial charge in [-0.3, -0.25) is 0 Å². The predicted octanol–water partition coefficient (Wildman–Crippen LogP) is 4.10. The van der Waals surface area contributed by atoms with Crippen LogP contribution in [0.15, 0.2) is 69.0 Å². The van der Waals surface area contributed by atoms with Crippen LogP contribution < -0.4 is 20.5 Å². The van der Waals surface area contributed by atoms with Crippen LogP contribution in [0.4, 0.5) is 0 Å². The van der Waals surface area contributed by atoms with E-state index < -0.39 is 0 Å². The van der Waals surface area contributed by atoms with Crippen molar-refractivity contribution in [1.29, 1.82) is 5.26 Å². The molecule has 0 bridgehead atoms. The van der Waals surface area contributed by atoms with Crippen LogP contribution in [-0.2, 0) is 0 Å². The molecule has 1 atom stereocenters. The first-order valence-electron chi connectivity index (χ1n) is 8.96. The van der Waals surface area contributed by atoms with Gasteiger partial charge in [0.05, 0.1) is 30.3 Å². The minimum Gasteiger partial charge on any atom is -0.493 e. The molecular formula is C22H20BrN3O2. The van der Waals surface area contributed by atoms with Crippen molar-refractivity contribution in [1.82, 2.24) is 5.32 Å². The number of nitrogens with one attached hydrogen (secondary N) is 1. The average molecular weight is 438 g/mol. The zero-order valence-corrected chi connectivity index (χ0v) is 17.3. The number of halogens is 1. The second kappa shape index (κ2) is 7.25. The van der Waals surface area contributed by atoms with E-state index in [2.05, 4.69) is 51.6 Å².